The summed E-state index contributed by atoms with van der Waals surface area (Å²) in [5, 5.41) is 4.93. The Hall–Kier alpha value is -8.72. The van der Waals surface area contributed by atoms with Crippen molar-refractivity contribution < 1.29 is 0 Å². The highest BCUT2D eigenvalue weighted by atomic mass is 15.1. The third-order valence-electron chi connectivity index (χ3n) is 15.6. The lowest BCUT2D eigenvalue weighted by atomic mass is 9.67. The number of hydrogen-bond acceptors (Lipinski definition) is 1. The van der Waals surface area contributed by atoms with Gasteiger partial charge in [-0.1, -0.05) is 202 Å². The van der Waals surface area contributed by atoms with E-state index in [0.29, 0.717) is 0 Å². The minimum atomic E-state index is -0.421. The third kappa shape index (κ3) is 5.87. The van der Waals surface area contributed by atoms with Gasteiger partial charge in [-0.15, -0.1) is 0 Å². The minimum Gasteiger partial charge on any atom is -0.310 e. The molecule has 11 aromatic carbocycles. The van der Waals surface area contributed by atoms with Crippen LogP contribution in [0, 0.1) is 0 Å². The highest BCUT2D eigenvalue weighted by Gasteiger charge is 2.46. The molecule has 0 bridgehead atoms. The van der Waals surface area contributed by atoms with Gasteiger partial charge in [0.15, 0.2) is 0 Å². The van der Waals surface area contributed by atoms with Crippen LogP contribution in [0.3, 0.4) is 0 Å². The van der Waals surface area contributed by atoms with E-state index >= 15 is 0 Å². The van der Waals surface area contributed by atoms with Crippen LogP contribution in [0.1, 0.15) is 47.2 Å². The van der Waals surface area contributed by atoms with Gasteiger partial charge in [-0.25, -0.2) is 0 Å². The summed E-state index contributed by atoms with van der Waals surface area (Å²) in [5.74, 6) is 0. The lowest BCUT2D eigenvalue weighted by Gasteiger charge is -2.33. The number of rotatable bonds is 7. The number of hydrogen-bond donors (Lipinski definition) is 0. The summed E-state index contributed by atoms with van der Waals surface area (Å²) in [6.07, 6.45) is 0. The first kappa shape index (κ1) is 40.4. The fraction of sp³-hybridized carbons (Fsp3) is 0.0588. The van der Waals surface area contributed by atoms with Crippen LogP contribution in [0.15, 0.2) is 255 Å². The Labute approximate surface area is 409 Å². The molecule has 1 aromatic heterocycles. The van der Waals surface area contributed by atoms with Crippen LogP contribution < -0.4 is 4.90 Å². The van der Waals surface area contributed by atoms with Crippen molar-refractivity contribution in [1.29, 1.82) is 0 Å². The van der Waals surface area contributed by atoms with Gasteiger partial charge in [-0.2, -0.15) is 0 Å². The Morgan fingerprint density at radius 1 is 0.329 bits per heavy atom. The Morgan fingerprint density at radius 3 is 1.57 bits per heavy atom. The smallest absolute Gasteiger partial charge is 0.0713 e. The molecular formula is C68H48N2. The van der Waals surface area contributed by atoms with E-state index in [2.05, 4.69) is 278 Å². The van der Waals surface area contributed by atoms with E-state index in [1.807, 2.05) is 0 Å². The van der Waals surface area contributed by atoms with Crippen molar-refractivity contribution in [2.24, 2.45) is 0 Å². The van der Waals surface area contributed by atoms with Gasteiger partial charge in [0, 0.05) is 38.9 Å². The number of benzene rings is 11. The summed E-state index contributed by atoms with van der Waals surface area (Å²) in [4.78, 5) is 2.43. The van der Waals surface area contributed by atoms with Gasteiger partial charge in [-0.3, -0.25) is 0 Å². The van der Waals surface area contributed by atoms with Crippen molar-refractivity contribution in [2.45, 2.75) is 24.7 Å². The van der Waals surface area contributed by atoms with E-state index < -0.39 is 5.41 Å². The molecule has 0 fully saturated rings. The number of fused-ring (bicyclic) bond motifs is 10. The maximum atomic E-state index is 2.48. The van der Waals surface area contributed by atoms with Crippen LogP contribution in [0.2, 0.25) is 0 Å². The quantitative estimate of drug-likeness (QED) is 0.155. The van der Waals surface area contributed by atoms with Crippen molar-refractivity contribution in [3.8, 4) is 39.1 Å². The number of para-hydroxylation sites is 1. The first-order valence-corrected chi connectivity index (χ1v) is 24.5. The summed E-state index contributed by atoms with van der Waals surface area (Å²) in [6.45, 7) is 4.72. The summed E-state index contributed by atoms with van der Waals surface area (Å²) in [6, 6.07) is 94.8. The molecule has 2 nitrogen and oxygen atoms in total. The molecule has 1 heterocycles. The molecule has 2 aliphatic carbocycles. The molecule has 70 heavy (non-hydrogen) atoms. The van der Waals surface area contributed by atoms with Gasteiger partial charge in [0.25, 0.3) is 0 Å². The van der Waals surface area contributed by atoms with Gasteiger partial charge in [0.2, 0.25) is 0 Å². The summed E-state index contributed by atoms with van der Waals surface area (Å²) >= 11 is 0. The molecule has 14 rings (SSSR count). The van der Waals surface area contributed by atoms with Crippen molar-refractivity contribution in [3.63, 3.8) is 0 Å². The van der Waals surface area contributed by atoms with Gasteiger partial charge in [0.05, 0.1) is 16.4 Å². The highest BCUT2D eigenvalue weighted by Crippen LogP contribution is 2.57. The SMILES string of the molecule is CC1(C)c2ccccc2-c2ccc(N(c3ccccc3)c3ccc4c5cc6ccccc6cc5n(-c5ccc(-c6ccc7c(c6)-c6ccccc6C7(c6ccccc6)c6ccccc6)cc5)c4c3)cc21. The Morgan fingerprint density at radius 2 is 0.857 bits per heavy atom. The summed E-state index contributed by atoms with van der Waals surface area (Å²) in [7, 11) is 0. The monoisotopic (exact) mass is 892 g/mol. The molecule has 0 atom stereocenters. The van der Waals surface area contributed by atoms with E-state index in [0.717, 1.165) is 28.3 Å². The Bertz CT molecular complexity index is 3970. The fourth-order valence-electron chi connectivity index (χ4n) is 12.4. The van der Waals surface area contributed by atoms with Crippen LogP contribution >= 0.6 is 0 Å². The normalized spacial score (nSPS) is 13.8. The lowest BCUT2D eigenvalue weighted by Crippen LogP contribution is -2.28. The molecule has 0 saturated carbocycles. The summed E-state index contributed by atoms with van der Waals surface area (Å²) < 4.78 is 2.48. The van der Waals surface area contributed by atoms with Crippen molar-refractivity contribution in [3.05, 3.63) is 288 Å². The van der Waals surface area contributed by atoms with E-state index in [1.165, 1.54) is 93.8 Å². The predicted octanol–water partition coefficient (Wildman–Crippen LogP) is 17.7. The highest BCUT2D eigenvalue weighted by molar-refractivity contribution is 6.14. The van der Waals surface area contributed by atoms with Crippen LogP contribution in [0.5, 0.6) is 0 Å². The topological polar surface area (TPSA) is 8.17 Å². The van der Waals surface area contributed by atoms with E-state index in [-0.39, 0.29) is 5.41 Å². The standard InChI is InChI=1S/C68H48N2/c1-67(2)61-28-16-14-26-55(61)57-37-35-53(43-64(57)67)69(51-24-10-5-11-25-51)54-36-38-58-60-41-46-18-12-13-19-47(46)42-65(60)70(66(58)44-54)52-33-30-45(31-34-52)48-32-39-63-59(40-48)56-27-15-17-29-62(56)68(63,49-20-6-3-7-21-49)50-22-8-4-9-23-50/h3-44H,1-2H3. The van der Waals surface area contributed by atoms with E-state index in [4.69, 9.17) is 0 Å². The molecule has 2 aliphatic rings. The van der Waals surface area contributed by atoms with Crippen molar-refractivity contribution in [1.82, 2.24) is 4.57 Å². The molecule has 0 spiro atoms. The molecular weight excluding hydrogens is 845 g/mol. The maximum absolute atomic E-state index is 2.48. The fourth-order valence-corrected chi connectivity index (χ4v) is 12.4. The zero-order valence-corrected chi connectivity index (χ0v) is 39.1. The average Bonchev–Trinajstić information content (AvgIpc) is 3.98. The first-order valence-electron chi connectivity index (χ1n) is 24.5. The zero-order chi connectivity index (χ0) is 46.6. The van der Waals surface area contributed by atoms with E-state index in [1.54, 1.807) is 0 Å². The van der Waals surface area contributed by atoms with Crippen LogP contribution in [0.4, 0.5) is 17.1 Å². The number of aromatic nitrogens is 1. The molecule has 0 amide bonds. The van der Waals surface area contributed by atoms with E-state index in [9.17, 15) is 0 Å². The number of nitrogens with zero attached hydrogens (tertiary/aromatic N) is 2. The minimum absolute atomic E-state index is 0.117. The second kappa shape index (κ2) is 15.4. The molecule has 330 valence electrons. The van der Waals surface area contributed by atoms with Gasteiger partial charge in [-0.05, 0) is 144 Å². The van der Waals surface area contributed by atoms with Crippen LogP contribution in [-0.4, -0.2) is 4.57 Å². The largest absolute Gasteiger partial charge is 0.310 e. The van der Waals surface area contributed by atoms with Crippen LogP contribution in [-0.2, 0) is 10.8 Å². The predicted molar refractivity (Wildman–Crippen MR) is 293 cm³/mol. The molecule has 2 heteroatoms. The van der Waals surface area contributed by atoms with Gasteiger partial charge < -0.3 is 9.47 Å². The van der Waals surface area contributed by atoms with Gasteiger partial charge >= 0.3 is 0 Å². The lowest BCUT2D eigenvalue weighted by molar-refractivity contribution is 0.660. The Balaban J connectivity index is 0.920. The molecule has 0 aliphatic heterocycles. The zero-order valence-electron chi connectivity index (χ0n) is 39.1. The van der Waals surface area contributed by atoms with Gasteiger partial charge in [0.1, 0.15) is 0 Å². The number of anilines is 3. The average molecular weight is 893 g/mol. The van der Waals surface area contributed by atoms with Crippen LogP contribution in [0.25, 0.3) is 71.6 Å². The second-order valence-electron chi connectivity index (χ2n) is 19.7. The molecule has 0 radical (unpaired) electrons. The second-order valence-corrected chi connectivity index (χ2v) is 19.7. The molecule has 0 unspecified atom stereocenters. The molecule has 0 N–H and O–H groups in total. The first-order chi connectivity index (χ1) is 34.5. The third-order valence-corrected chi connectivity index (χ3v) is 15.6. The van der Waals surface area contributed by atoms with Crippen molar-refractivity contribution >= 4 is 49.6 Å². The Kier molecular flexibility index (Phi) is 8.88. The molecule has 0 saturated heterocycles. The summed E-state index contributed by atoms with van der Waals surface area (Å²) in [5.41, 5.74) is 21.9. The molecule has 12 aromatic rings. The van der Waals surface area contributed by atoms with Crippen molar-refractivity contribution in [2.75, 3.05) is 4.90 Å². The maximum Gasteiger partial charge on any atom is 0.0713 e.